The van der Waals surface area contributed by atoms with Gasteiger partial charge in [-0.15, -0.1) is 0 Å². The van der Waals surface area contributed by atoms with Crippen molar-refractivity contribution in [2.24, 2.45) is 0 Å². The fourth-order valence-corrected chi connectivity index (χ4v) is 1.69. The van der Waals surface area contributed by atoms with Crippen LogP contribution in [-0.2, 0) is 9.53 Å². The third kappa shape index (κ3) is 4.32. The van der Waals surface area contributed by atoms with Gasteiger partial charge in [0.2, 0.25) is 0 Å². The van der Waals surface area contributed by atoms with Crippen LogP contribution in [0.3, 0.4) is 0 Å². The topological polar surface area (TPSA) is 38.8 Å². The Hall–Kier alpha value is -1.97. The summed E-state index contributed by atoms with van der Waals surface area (Å²) in [6, 6.07) is 7.79. The number of likely N-dealkylation sites (N-methyl/N-ethyl adjacent to an activating group) is 1. The Balaban J connectivity index is 2.70. The summed E-state index contributed by atoms with van der Waals surface area (Å²) >= 11 is 0. The zero-order chi connectivity index (χ0) is 14.3. The van der Waals surface area contributed by atoms with E-state index < -0.39 is 0 Å². The molecule has 0 aromatic heterocycles. The minimum Gasteiger partial charge on any atom is -0.497 e. The summed E-state index contributed by atoms with van der Waals surface area (Å²) in [5.74, 6) is 0.571. The van der Waals surface area contributed by atoms with E-state index in [1.807, 2.05) is 44.3 Å². The standard InChI is InChI=1S/C15H21NO3/c1-5-12(15(17)19-4)10-11-16(2)13-6-8-14(18-3)9-7-13/h6-10H,5,11H2,1-4H3. The molecule has 104 valence electrons. The second kappa shape index (κ2) is 7.46. The van der Waals surface area contributed by atoms with Gasteiger partial charge in [0, 0.05) is 24.9 Å². The Labute approximate surface area is 114 Å². The lowest BCUT2D eigenvalue weighted by molar-refractivity contribution is -0.136. The summed E-state index contributed by atoms with van der Waals surface area (Å²) in [5.41, 5.74) is 1.76. The van der Waals surface area contributed by atoms with Gasteiger partial charge in [0.15, 0.2) is 0 Å². The zero-order valence-corrected chi connectivity index (χ0v) is 12.0. The average molecular weight is 263 g/mol. The first-order chi connectivity index (χ1) is 9.12. The van der Waals surface area contributed by atoms with E-state index in [-0.39, 0.29) is 5.97 Å². The quantitative estimate of drug-likeness (QED) is 0.584. The highest BCUT2D eigenvalue weighted by atomic mass is 16.5. The molecule has 1 aromatic rings. The van der Waals surface area contributed by atoms with E-state index in [1.54, 1.807) is 7.11 Å². The van der Waals surface area contributed by atoms with Gasteiger partial charge in [0.05, 0.1) is 14.2 Å². The molecule has 0 spiro atoms. The van der Waals surface area contributed by atoms with Gasteiger partial charge in [-0.3, -0.25) is 0 Å². The molecule has 4 heteroatoms. The summed E-state index contributed by atoms with van der Waals surface area (Å²) in [6.45, 7) is 2.60. The maximum atomic E-state index is 11.5. The highest BCUT2D eigenvalue weighted by Gasteiger charge is 2.07. The van der Waals surface area contributed by atoms with E-state index in [0.717, 1.165) is 11.4 Å². The van der Waals surface area contributed by atoms with E-state index >= 15 is 0 Å². The number of anilines is 1. The Morgan fingerprint density at radius 1 is 1.26 bits per heavy atom. The first-order valence-electron chi connectivity index (χ1n) is 6.24. The smallest absolute Gasteiger partial charge is 0.333 e. The Kier molecular flexibility index (Phi) is 5.93. The third-order valence-corrected chi connectivity index (χ3v) is 2.95. The van der Waals surface area contributed by atoms with Crippen LogP contribution in [0.2, 0.25) is 0 Å². The van der Waals surface area contributed by atoms with Crippen molar-refractivity contribution in [3.8, 4) is 5.75 Å². The molecule has 0 fully saturated rings. The zero-order valence-electron chi connectivity index (χ0n) is 12.0. The molecule has 0 unspecified atom stereocenters. The summed E-state index contributed by atoms with van der Waals surface area (Å²) in [6.07, 6.45) is 2.57. The number of hydrogen-bond donors (Lipinski definition) is 0. The molecule has 0 radical (unpaired) electrons. The van der Waals surface area contributed by atoms with Gasteiger partial charge in [-0.25, -0.2) is 4.79 Å². The maximum Gasteiger partial charge on any atom is 0.333 e. The summed E-state index contributed by atoms with van der Waals surface area (Å²) in [4.78, 5) is 13.5. The lowest BCUT2D eigenvalue weighted by Gasteiger charge is -2.18. The van der Waals surface area contributed by atoms with Crippen LogP contribution in [0.4, 0.5) is 5.69 Å². The molecule has 1 rings (SSSR count). The average Bonchev–Trinajstić information content (AvgIpc) is 2.47. The second-order valence-electron chi connectivity index (χ2n) is 4.15. The summed E-state index contributed by atoms with van der Waals surface area (Å²) < 4.78 is 9.85. The molecule has 4 nitrogen and oxygen atoms in total. The van der Waals surface area contributed by atoms with E-state index in [2.05, 4.69) is 4.90 Å². The number of esters is 1. The molecular formula is C15H21NO3. The van der Waals surface area contributed by atoms with Crippen LogP contribution in [-0.4, -0.2) is 33.8 Å². The van der Waals surface area contributed by atoms with Crippen molar-refractivity contribution in [3.05, 3.63) is 35.9 Å². The van der Waals surface area contributed by atoms with Crippen molar-refractivity contribution in [2.45, 2.75) is 13.3 Å². The SMILES string of the molecule is CCC(=CCN(C)c1ccc(OC)cc1)C(=O)OC. The normalized spacial score (nSPS) is 11.1. The highest BCUT2D eigenvalue weighted by molar-refractivity contribution is 5.88. The van der Waals surface area contributed by atoms with Gasteiger partial charge in [-0.2, -0.15) is 0 Å². The van der Waals surface area contributed by atoms with E-state index in [0.29, 0.717) is 18.5 Å². The summed E-state index contributed by atoms with van der Waals surface area (Å²) in [7, 11) is 5.02. The van der Waals surface area contributed by atoms with Crippen molar-refractivity contribution in [2.75, 3.05) is 32.7 Å². The number of nitrogens with zero attached hydrogens (tertiary/aromatic N) is 1. The number of rotatable bonds is 6. The van der Waals surface area contributed by atoms with Crippen molar-refractivity contribution in [1.29, 1.82) is 0 Å². The highest BCUT2D eigenvalue weighted by Crippen LogP contribution is 2.18. The van der Waals surface area contributed by atoms with Crippen molar-refractivity contribution in [3.63, 3.8) is 0 Å². The Bertz CT molecular complexity index is 437. The first kappa shape index (κ1) is 15.1. The van der Waals surface area contributed by atoms with E-state index in [4.69, 9.17) is 9.47 Å². The van der Waals surface area contributed by atoms with Gasteiger partial charge < -0.3 is 14.4 Å². The minimum absolute atomic E-state index is 0.259. The fraction of sp³-hybridized carbons (Fsp3) is 0.400. The van der Waals surface area contributed by atoms with Crippen LogP contribution in [0.15, 0.2) is 35.9 Å². The fourth-order valence-electron chi connectivity index (χ4n) is 1.69. The van der Waals surface area contributed by atoms with Gasteiger partial charge >= 0.3 is 5.97 Å². The molecule has 0 saturated heterocycles. The Morgan fingerprint density at radius 3 is 2.37 bits per heavy atom. The predicted molar refractivity (Wildman–Crippen MR) is 76.7 cm³/mol. The molecule has 0 amide bonds. The van der Waals surface area contributed by atoms with Crippen LogP contribution in [0.1, 0.15) is 13.3 Å². The lowest BCUT2D eigenvalue weighted by Crippen LogP contribution is -2.18. The Morgan fingerprint density at radius 2 is 1.89 bits per heavy atom. The lowest BCUT2D eigenvalue weighted by atomic mass is 10.2. The van der Waals surface area contributed by atoms with Crippen LogP contribution in [0, 0.1) is 0 Å². The van der Waals surface area contributed by atoms with Crippen molar-refractivity contribution < 1.29 is 14.3 Å². The molecule has 0 bridgehead atoms. The second-order valence-corrected chi connectivity index (χ2v) is 4.15. The molecule has 0 aliphatic heterocycles. The largest absolute Gasteiger partial charge is 0.497 e. The number of benzene rings is 1. The van der Waals surface area contributed by atoms with Crippen LogP contribution in [0.25, 0.3) is 0 Å². The molecule has 0 atom stereocenters. The number of ether oxygens (including phenoxy) is 2. The molecular weight excluding hydrogens is 242 g/mol. The number of methoxy groups -OCH3 is 2. The van der Waals surface area contributed by atoms with Crippen molar-refractivity contribution in [1.82, 2.24) is 0 Å². The molecule has 0 heterocycles. The number of carbonyl (C=O) groups excluding carboxylic acids is 1. The van der Waals surface area contributed by atoms with E-state index in [9.17, 15) is 4.79 Å². The van der Waals surface area contributed by atoms with Gasteiger partial charge in [0.25, 0.3) is 0 Å². The molecule has 0 saturated carbocycles. The summed E-state index contributed by atoms with van der Waals surface area (Å²) in [5, 5.41) is 0. The molecule has 0 N–H and O–H groups in total. The van der Waals surface area contributed by atoms with Gasteiger partial charge in [-0.05, 0) is 30.7 Å². The number of carbonyl (C=O) groups is 1. The van der Waals surface area contributed by atoms with Gasteiger partial charge in [0.1, 0.15) is 5.75 Å². The van der Waals surface area contributed by atoms with Gasteiger partial charge in [-0.1, -0.05) is 13.0 Å². The van der Waals surface area contributed by atoms with E-state index in [1.165, 1.54) is 7.11 Å². The van der Waals surface area contributed by atoms with Crippen LogP contribution < -0.4 is 9.64 Å². The monoisotopic (exact) mass is 263 g/mol. The minimum atomic E-state index is -0.259. The predicted octanol–water partition coefficient (Wildman–Crippen LogP) is 2.64. The van der Waals surface area contributed by atoms with Crippen molar-refractivity contribution >= 4 is 11.7 Å². The molecule has 19 heavy (non-hydrogen) atoms. The van der Waals surface area contributed by atoms with Crippen LogP contribution >= 0.6 is 0 Å². The first-order valence-corrected chi connectivity index (χ1v) is 6.24. The molecule has 0 aliphatic carbocycles. The van der Waals surface area contributed by atoms with Crippen LogP contribution in [0.5, 0.6) is 5.75 Å². The molecule has 1 aromatic carbocycles. The molecule has 0 aliphatic rings. The third-order valence-electron chi connectivity index (χ3n) is 2.95. The number of hydrogen-bond acceptors (Lipinski definition) is 4. The maximum absolute atomic E-state index is 11.5.